The van der Waals surface area contributed by atoms with E-state index in [2.05, 4.69) is 5.32 Å². The van der Waals surface area contributed by atoms with Crippen LogP contribution in [0.25, 0.3) is 0 Å². The zero-order valence-electron chi connectivity index (χ0n) is 16.6. The molecule has 29 heavy (non-hydrogen) atoms. The molecular formula is C22H25ClN2O4. The standard InChI is InChI=1S/C22H25ClN2O4/c1-3-29-21-17(23)12-16(13-19(21)28-2)22(27)24-18(15-8-5-4-6-9-15)14-25-11-7-10-20(25)26/h4-6,8-9,12-13,18H,3,7,10-11,14H2,1-2H3,(H,24,27)/t18-/m0/s1. The Morgan fingerprint density at radius 2 is 2.03 bits per heavy atom. The molecule has 3 rings (SSSR count). The molecule has 2 amide bonds. The van der Waals surface area contributed by atoms with Crippen molar-refractivity contribution in [3.05, 3.63) is 58.6 Å². The van der Waals surface area contributed by atoms with Crippen molar-refractivity contribution in [2.75, 3.05) is 26.8 Å². The molecule has 1 atom stereocenters. The molecule has 0 unspecified atom stereocenters. The Morgan fingerprint density at radius 1 is 1.28 bits per heavy atom. The number of carbonyl (C=O) groups excluding carboxylic acids is 2. The van der Waals surface area contributed by atoms with Gasteiger partial charge in [0.15, 0.2) is 11.5 Å². The van der Waals surface area contributed by atoms with Crippen LogP contribution in [0.1, 0.15) is 41.7 Å². The Kier molecular flexibility index (Phi) is 6.99. The number of nitrogens with zero attached hydrogens (tertiary/aromatic N) is 1. The number of methoxy groups -OCH3 is 1. The third-order valence-electron chi connectivity index (χ3n) is 4.86. The third-order valence-corrected chi connectivity index (χ3v) is 5.14. The summed E-state index contributed by atoms with van der Waals surface area (Å²) in [6.07, 6.45) is 1.40. The summed E-state index contributed by atoms with van der Waals surface area (Å²) < 4.78 is 10.9. The number of carbonyl (C=O) groups is 2. The first-order valence-electron chi connectivity index (χ1n) is 9.67. The molecule has 1 aliphatic heterocycles. The molecule has 1 saturated heterocycles. The predicted octanol–water partition coefficient (Wildman–Crippen LogP) is 3.84. The van der Waals surface area contributed by atoms with Gasteiger partial charge in [0, 0.05) is 25.1 Å². The second-order valence-corrected chi connectivity index (χ2v) is 7.21. The molecular weight excluding hydrogens is 392 g/mol. The summed E-state index contributed by atoms with van der Waals surface area (Å²) in [7, 11) is 1.50. The van der Waals surface area contributed by atoms with Gasteiger partial charge in [-0.1, -0.05) is 41.9 Å². The van der Waals surface area contributed by atoms with E-state index in [4.69, 9.17) is 21.1 Å². The molecule has 0 aliphatic carbocycles. The fourth-order valence-corrected chi connectivity index (χ4v) is 3.68. The molecule has 1 N–H and O–H groups in total. The van der Waals surface area contributed by atoms with Gasteiger partial charge in [0.1, 0.15) is 0 Å². The fraction of sp³-hybridized carbons (Fsp3) is 0.364. The molecule has 0 spiro atoms. The van der Waals surface area contributed by atoms with E-state index in [1.165, 1.54) is 7.11 Å². The molecule has 6 nitrogen and oxygen atoms in total. The van der Waals surface area contributed by atoms with Crippen molar-refractivity contribution in [3.8, 4) is 11.5 Å². The van der Waals surface area contributed by atoms with Crippen molar-refractivity contribution in [3.63, 3.8) is 0 Å². The minimum absolute atomic E-state index is 0.117. The Labute approximate surface area is 175 Å². The van der Waals surface area contributed by atoms with Gasteiger partial charge in [0.05, 0.1) is 24.8 Å². The number of likely N-dealkylation sites (tertiary alicyclic amines) is 1. The highest BCUT2D eigenvalue weighted by atomic mass is 35.5. The van der Waals surface area contributed by atoms with Crippen LogP contribution < -0.4 is 14.8 Å². The minimum Gasteiger partial charge on any atom is -0.493 e. The average molecular weight is 417 g/mol. The number of hydrogen-bond acceptors (Lipinski definition) is 4. The van der Waals surface area contributed by atoms with Crippen molar-refractivity contribution in [2.45, 2.75) is 25.8 Å². The van der Waals surface area contributed by atoms with Gasteiger partial charge < -0.3 is 19.7 Å². The second kappa shape index (κ2) is 9.65. The van der Waals surface area contributed by atoms with Crippen LogP contribution in [0.3, 0.4) is 0 Å². The first-order chi connectivity index (χ1) is 14.0. The number of halogens is 1. The molecule has 0 radical (unpaired) electrons. The molecule has 7 heteroatoms. The largest absolute Gasteiger partial charge is 0.493 e. The van der Waals surface area contributed by atoms with Gasteiger partial charge >= 0.3 is 0 Å². The highest BCUT2D eigenvalue weighted by Crippen LogP contribution is 2.36. The lowest BCUT2D eigenvalue weighted by Gasteiger charge is -2.25. The Hall–Kier alpha value is -2.73. The number of hydrogen-bond donors (Lipinski definition) is 1. The topological polar surface area (TPSA) is 67.9 Å². The van der Waals surface area contributed by atoms with E-state index in [-0.39, 0.29) is 17.9 Å². The molecule has 0 bridgehead atoms. The number of rotatable bonds is 8. The molecule has 2 aromatic carbocycles. The lowest BCUT2D eigenvalue weighted by Crippen LogP contribution is -2.38. The summed E-state index contributed by atoms with van der Waals surface area (Å²) in [6, 6.07) is 12.5. The Morgan fingerprint density at radius 3 is 2.66 bits per heavy atom. The van der Waals surface area contributed by atoms with Gasteiger partial charge in [-0.2, -0.15) is 0 Å². The van der Waals surface area contributed by atoms with Gasteiger partial charge in [0.25, 0.3) is 5.91 Å². The van der Waals surface area contributed by atoms with Crippen LogP contribution in [0.15, 0.2) is 42.5 Å². The van der Waals surface area contributed by atoms with Gasteiger partial charge in [0.2, 0.25) is 5.91 Å². The molecule has 2 aromatic rings. The molecule has 1 fully saturated rings. The van der Waals surface area contributed by atoms with E-state index in [1.807, 2.05) is 37.3 Å². The molecule has 1 heterocycles. The highest BCUT2D eigenvalue weighted by molar-refractivity contribution is 6.32. The molecule has 154 valence electrons. The van der Waals surface area contributed by atoms with E-state index in [1.54, 1.807) is 17.0 Å². The fourth-order valence-electron chi connectivity index (χ4n) is 3.41. The van der Waals surface area contributed by atoms with Crippen molar-refractivity contribution in [1.82, 2.24) is 10.2 Å². The predicted molar refractivity (Wildman–Crippen MR) is 112 cm³/mol. The zero-order chi connectivity index (χ0) is 20.8. The van der Waals surface area contributed by atoms with Gasteiger partial charge in [-0.05, 0) is 31.0 Å². The van der Waals surface area contributed by atoms with Crippen LogP contribution in [0.5, 0.6) is 11.5 Å². The van der Waals surface area contributed by atoms with Crippen LogP contribution in [0.2, 0.25) is 5.02 Å². The van der Waals surface area contributed by atoms with Gasteiger partial charge in [-0.3, -0.25) is 9.59 Å². The lowest BCUT2D eigenvalue weighted by atomic mass is 10.1. The van der Waals surface area contributed by atoms with Gasteiger partial charge in [-0.15, -0.1) is 0 Å². The van der Waals surface area contributed by atoms with Crippen LogP contribution >= 0.6 is 11.6 Å². The second-order valence-electron chi connectivity index (χ2n) is 6.80. The maximum Gasteiger partial charge on any atom is 0.252 e. The van der Waals surface area contributed by atoms with Crippen LogP contribution in [-0.2, 0) is 4.79 Å². The Bertz CT molecular complexity index is 873. The van der Waals surface area contributed by atoms with Crippen LogP contribution in [0, 0.1) is 0 Å². The van der Waals surface area contributed by atoms with E-state index in [9.17, 15) is 9.59 Å². The van der Waals surface area contributed by atoms with Crippen molar-refractivity contribution in [1.29, 1.82) is 0 Å². The maximum atomic E-state index is 13.0. The summed E-state index contributed by atoms with van der Waals surface area (Å²) >= 11 is 6.31. The van der Waals surface area contributed by atoms with E-state index >= 15 is 0 Å². The third kappa shape index (κ3) is 5.01. The summed E-state index contributed by atoms with van der Waals surface area (Å²) in [5.41, 5.74) is 1.30. The normalized spacial score (nSPS) is 14.6. The summed E-state index contributed by atoms with van der Waals surface area (Å²) in [5.74, 6) is 0.630. The zero-order valence-corrected chi connectivity index (χ0v) is 17.4. The SMILES string of the molecule is CCOc1c(Cl)cc(C(=O)N[C@@H](CN2CCCC2=O)c2ccccc2)cc1OC. The molecule has 0 aromatic heterocycles. The van der Waals surface area contributed by atoms with E-state index < -0.39 is 0 Å². The number of ether oxygens (including phenoxy) is 2. The monoisotopic (exact) mass is 416 g/mol. The number of amides is 2. The quantitative estimate of drug-likeness (QED) is 0.709. The highest BCUT2D eigenvalue weighted by Gasteiger charge is 2.26. The number of nitrogens with one attached hydrogen (secondary N) is 1. The van der Waals surface area contributed by atoms with Gasteiger partial charge in [-0.25, -0.2) is 0 Å². The first kappa shape index (κ1) is 21.0. The molecule has 1 aliphatic rings. The Balaban J connectivity index is 1.84. The lowest BCUT2D eigenvalue weighted by molar-refractivity contribution is -0.128. The first-order valence-corrected chi connectivity index (χ1v) is 10.0. The van der Waals surface area contributed by atoms with Crippen molar-refractivity contribution < 1.29 is 19.1 Å². The summed E-state index contributed by atoms with van der Waals surface area (Å²) in [4.78, 5) is 26.9. The minimum atomic E-state index is -0.331. The number of benzene rings is 2. The summed E-state index contributed by atoms with van der Waals surface area (Å²) in [5, 5.41) is 3.35. The summed E-state index contributed by atoms with van der Waals surface area (Å²) in [6.45, 7) is 3.42. The maximum absolute atomic E-state index is 13.0. The van der Waals surface area contributed by atoms with Crippen molar-refractivity contribution in [2.24, 2.45) is 0 Å². The smallest absolute Gasteiger partial charge is 0.252 e. The molecule has 0 saturated carbocycles. The van der Waals surface area contributed by atoms with Crippen molar-refractivity contribution >= 4 is 23.4 Å². The van der Waals surface area contributed by atoms with E-state index in [0.717, 1.165) is 12.0 Å². The average Bonchev–Trinajstić information content (AvgIpc) is 3.14. The van der Waals surface area contributed by atoms with Crippen LogP contribution in [0.4, 0.5) is 0 Å². The van der Waals surface area contributed by atoms with E-state index in [0.29, 0.717) is 48.2 Å². The van der Waals surface area contributed by atoms with Crippen LogP contribution in [-0.4, -0.2) is 43.5 Å².